The molecular weight excluding hydrogens is 384 g/mol. The number of hydrogen-bond donors (Lipinski definition) is 0. The first-order valence-corrected chi connectivity index (χ1v) is 10.2. The molecule has 7 nitrogen and oxygen atoms in total. The van der Waals surface area contributed by atoms with Gasteiger partial charge < -0.3 is 23.8 Å². The van der Waals surface area contributed by atoms with Crippen LogP contribution in [0.1, 0.15) is 24.0 Å². The normalized spacial score (nSPS) is 17.8. The van der Waals surface area contributed by atoms with Crippen molar-refractivity contribution in [2.24, 2.45) is 0 Å². The molecule has 0 saturated carbocycles. The van der Waals surface area contributed by atoms with Gasteiger partial charge in [0, 0.05) is 38.2 Å². The van der Waals surface area contributed by atoms with Crippen molar-refractivity contribution in [2.75, 3.05) is 33.5 Å². The minimum absolute atomic E-state index is 0.0772. The van der Waals surface area contributed by atoms with Crippen LogP contribution in [0.4, 0.5) is 0 Å². The molecular formula is C23H26N2O5. The van der Waals surface area contributed by atoms with Gasteiger partial charge in [-0.2, -0.15) is 0 Å². The molecule has 1 fully saturated rings. The molecule has 0 spiro atoms. The van der Waals surface area contributed by atoms with Crippen LogP contribution in [0.25, 0.3) is 6.08 Å². The van der Waals surface area contributed by atoms with Gasteiger partial charge in [0.25, 0.3) is 0 Å². The molecule has 0 radical (unpaired) electrons. The lowest BCUT2D eigenvalue weighted by molar-refractivity contribution is -0.128. The second-order valence-electron chi connectivity index (χ2n) is 7.30. The molecule has 4 rings (SSSR count). The van der Waals surface area contributed by atoms with E-state index < -0.39 is 0 Å². The zero-order valence-corrected chi connectivity index (χ0v) is 17.1. The van der Waals surface area contributed by atoms with E-state index in [1.54, 1.807) is 36.6 Å². The Labute approximate surface area is 176 Å². The molecule has 1 aromatic carbocycles. The second kappa shape index (κ2) is 9.63. The van der Waals surface area contributed by atoms with E-state index in [1.165, 1.54) is 0 Å². The maximum Gasteiger partial charge on any atom is 0.246 e. The molecule has 2 aliphatic rings. The van der Waals surface area contributed by atoms with Crippen LogP contribution in [0.15, 0.2) is 42.7 Å². The van der Waals surface area contributed by atoms with Gasteiger partial charge in [-0.05, 0) is 48.2 Å². The molecule has 7 heteroatoms. The molecule has 30 heavy (non-hydrogen) atoms. The molecule has 1 unspecified atom stereocenters. The summed E-state index contributed by atoms with van der Waals surface area (Å²) in [6, 6.07) is 7.54. The summed E-state index contributed by atoms with van der Waals surface area (Å²) in [7, 11) is 1.59. The number of pyridine rings is 1. The highest BCUT2D eigenvalue weighted by Gasteiger charge is 2.22. The lowest BCUT2D eigenvalue weighted by atomic mass is 10.1. The molecule has 1 saturated heterocycles. The number of aromatic nitrogens is 1. The summed E-state index contributed by atoms with van der Waals surface area (Å²) in [6.07, 6.45) is 8.95. The summed E-state index contributed by atoms with van der Waals surface area (Å²) in [5, 5.41) is 0. The summed E-state index contributed by atoms with van der Waals surface area (Å²) < 4.78 is 22.5. The molecule has 0 aliphatic carbocycles. The van der Waals surface area contributed by atoms with Gasteiger partial charge in [0.2, 0.25) is 11.7 Å². The van der Waals surface area contributed by atoms with E-state index >= 15 is 0 Å². The number of fused-ring (bicyclic) bond motifs is 1. The van der Waals surface area contributed by atoms with E-state index in [-0.39, 0.29) is 12.0 Å². The number of amides is 1. The number of benzene rings is 1. The Hall–Kier alpha value is -3.06. The van der Waals surface area contributed by atoms with Crippen LogP contribution in [0.3, 0.4) is 0 Å². The van der Waals surface area contributed by atoms with Gasteiger partial charge in [0.1, 0.15) is 13.2 Å². The fraction of sp³-hybridized carbons (Fsp3) is 0.391. The molecule has 2 aliphatic heterocycles. The number of methoxy groups -OCH3 is 1. The summed E-state index contributed by atoms with van der Waals surface area (Å²) in [4.78, 5) is 19.0. The zero-order valence-electron chi connectivity index (χ0n) is 17.1. The van der Waals surface area contributed by atoms with Gasteiger partial charge in [0.05, 0.1) is 13.2 Å². The van der Waals surface area contributed by atoms with Crippen LogP contribution in [0.2, 0.25) is 0 Å². The Bertz CT molecular complexity index is 877. The average Bonchev–Trinajstić information content (AvgIpc) is 3.30. The topological polar surface area (TPSA) is 70.1 Å². The van der Waals surface area contributed by atoms with Crippen molar-refractivity contribution in [1.29, 1.82) is 0 Å². The van der Waals surface area contributed by atoms with Crippen LogP contribution in [-0.2, 0) is 16.1 Å². The van der Waals surface area contributed by atoms with E-state index in [0.29, 0.717) is 43.6 Å². The molecule has 2 aromatic rings. The monoisotopic (exact) mass is 410 g/mol. The maximum absolute atomic E-state index is 13.0. The lowest BCUT2D eigenvalue weighted by Crippen LogP contribution is -2.35. The largest absolute Gasteiger partial charge is 0.493 e. The molecule has 0 N–H and O–H groups in total. The third-order valence-corrected chi connectivity index (χ3v) is 5.12. The van der Waals surface area contributed by atoms with Gasteiger partial charge in [-0.1, -0.05) is 6.07 Å². The van der Waals surface area contributed by atoms with Crippen LogP contribution >= 0.6 is 0 Å². The van der Waals surface area contributed by atoms with Crippen LogP contribution in [0.5, 0.6) is 17.2 Å². The van der Waals surface area contributed by atoms with Crippen molar-refractivity contribution in [3.63, 3.8) is 0 Å². The van der Waals surface area contributed by atoms with E-state index in [4.69, 9.17) is 18.9 Å². The average molecular weight is 410 g/mol. The Morgan fingerprint density at radius 1 is 1.30 bits per heavy atom. The van der Waals surface area contributed by atoms with Crippen molar-refractivity contribution < 1.29 is 23.7 Å². The number of carbonyl (C=O) groups excluding carboxylic acids is 1. The van der Waals surface area contributed by atoms with E-state index in [1.807, 2.05) is 24.3 Å². The van der Waals surface area contributed by atoms with Gasteiger partial charge in [-0.3, -0.25) is 9.78 Å². The van der Waals surface area contributed by atoms with Gasteiger partial charge >= 0.3 is 0 Å². The highest BCUT2D eigenvalue weighted by atomic mass is 16.6. The van der Waals surface area contributed by atoms with Crippen molar-refractivity contribution in [1.82, 2.24) is 9.88 Å². The zero-order chi connectivity index (χ0) is 20.8. The number of ether oxygens (including phenoxy) is 4. The molecule has 158 valence electrons. The van der Waals surface area contributed by atoms with Gasteiger partial charge in [0.15, 0.2) is 11.5 Å². The first-order valence-electron chi connectivity index (χ1n) is 10.2. The molecule has 0 bridgehead atoms. The van der Waals surface area contributed by atoms with Crippen molar-refractivity contribution in [3.05, 3.63) is 53.9 Å². The Morgan fingerprint density at radius 2 is 2.20 bits per heavy atom. The van der Waals surface area contributed by atoms with Crippen LogP contribution < -0.4 is 14.2 Å². The highest BCUT2D eigenvalue weighted by Crippen LogP contribution is 2.40. The van der Waals surface area contributed by atoms with E-state index in [9.17, 15) is 4.79 Å². The molecule has 1 atom stereocenters. The third-order valence-electron chi connectivity index (χ3n) is 5.12. The van der Waals surface area contributed by atoms with Crippen molar-refractivity contribution >= 4 is 12.0 Å². The Kier molecular flexibility index (Phi) is 6.49. The van der Waals surface area contributed by atoms with Gasteiger partial charge in [-0.15, -0.1) is 0 Å². The summed E-state index contributed by atoms with van der Waals surface area (Å²) >= 11 is 0. The van der Waals surface area contributed by atoms with Crippen molar-refractivity contribution in [2.45, 2.75) is 25.5 Å². The Balaban J connectivity index is 1.51. The maximum atomic E-state index is 13.0. The van der Waals surface area contributed by atoms with Crippen molar-refractivity contribution in [3.8, 4) is 17.2 Å². The first-order chi connectivity index (χ1) is 14.7. The Morgan fingerprint density at radius 3 is 2.97 bits per heavy atom. The second-order valence-corrected chi connectivity index (χ2v) is 7.30. The minimum Gasteiger partial charge on any atom is -0.493 e. The van der Waals surface area contributed by atoms with E-state index in [2.05, 4.69) is 4.98 Å². The smallest absolute Gasteiger partial charge is 0.246 e. The number of nitrogens with zero attached hydrogens (tertiary/aromatic N) is 2. The molecule has 3 heterocycles. The summed E-state index contributed by atoms with van der Waals surface area (Å²) in [5.74, 6) is 1.73. The summed E-state index contributed by atoms with van der Waals surface area (Å²) in [6.45, 7) is 2.78. The van der Waals surface area contributed by atoms with Crippen LogP contribution in [-0.4, -0.2) is 55.4 Å². The van der Waals surface area contributed by atoms with Gasteiger partial charge in [-0.25, -0.2) is 0 Å². The fourth-order valence-electron chi connectivity index (χ4n) is 3.64. The lowest BCUT2D eigenvalue weighted by Gasteiger charge is -2.24. The third kappa shape index (κ3) is 4.91. The summed E-state index contributed by atoms with van der Waals surface area (Å²) in [5.41, 5.74) is 1.79. The minimum atomic E-state index is -0.0804. The molecule has 1 aromatic heterocycles. The first kappa shape index (κ1) is 20.2. The van der Waals surface area contributed by atoms with E-state index in [0.717, 1.165) is 30.6 Å². The quantitative estimate of drug-likeness (QED) is 0.654. The number of hydrogen-bond acceptors (Lipinski definition) is 6. The number of carbonyl (C=O) groups is 1. The highest BCUT2D eigenvalue weighted by molar-refractivity contribution is 5.92. The predicted octanol–water partition coefficient (Wildman–Crippen LogP) is 3.08. The molecule has 1 amide bonds. The fourth-order valence-corrected chi connectivity index (χ4v) is 3.64. The number of rotatable bonds is 7. The van der Waals surface area contributed by atoms with Crippen LogP contribution in [0, 0.1) is 0 Å². The SMILES string of the molecule is COc1cc(/C=C/C(=O)N(Cc2cccnc2)CC2CCCO2)cc2c1OCCO2. The standard InChI is InChI=1S/C23H26N2O5/c1-27-20-12-17(13-21-23(20)30-11-10-29-21)6-7-22(26)25(16-19-5-3-9-28-19)15-18-4-2-8-24-14-18/h2,4,6-8,12-14,19H,3,5,9-11,15-16H2,1H3/b7-6+. The predicted molar refractivity (Wildman–Crippen MR) is 112 cm³/mol.